The minimum atomic E-state index is 1.27. The SMILES string of the molecule is c1ccc(-c2cc(-c3ccccc3)c3c(c2)-c2ccccc2-3)cc1. The lowest BCUT2D eigenvalue weighted by Gasteiger charge is -2.28. The summed E-state index contributed by atoms with van der Waals surface area (Å²) in [5, 5.41) is 0. The molecule has 1 aliphatic rings. The first kappa shape index (κ1) is 13.3. The van der Waals surface area contributed by atoms with Crippen LogP contribution in [0.15, 0.2) is 97.1 Å². The molecule has 0 heteroatoms. The molecule has 24 heavy (non-hydrogen) atoms. The Morgan fingerprint density at radius 1 is 0.333 bits per heavy atom. The van der Waals surface area contributed by atoms with Crippen LogP contribution in [0.5, 0.6) is 0 Å². The van der Waals surface area contributed by atoms with Crippen molar-refractivity contribution in [1.29, 1.82) is 0 Å². The van der Waals surface area contributed by atoms with Gasteiger partial charge in [-0.1, -0.05) is 84.9 Å². The highest BCUT2D eigenvalue weighted by Crippen LogP contribution is 2.53. The monoisotopic (exact) mass is 304 g/mol. The first-order valence-corrected chi connectivity index (χ1v) is 8.30. The Bertz CT molecular complexity index is 1010. The van der Waals surface area contributed by atoms with Crippen molar-refractivity contribution >= 4 is 0 Å². The van der Waals surface area contributed by atoms with Crippen molar-refractivity contribution in [2.75, 3.05) is 0 Å². The molecule has 0 fully saturated rings. The van der Waals surface area contributed by atoms with Gasteiger partial charge >= 0.3 is 0 Å². The standard InChI is InChI=1S/C24H16/c1-3-9-17(10-4-1)19-15-22(18-11-5-2-6-12-18)24-21-14-8-7-13-20(21)23(24)16-19/h1-16H. The maximum absolute atomic E-state index is 2.33. The van der Waals surface area contributed by atoms with E-state index in [9.17, 15) is 0 Å². The molecule has 0 heterocycles. The molecule has 0 bridgehead atoms. The van der Waals surface area contributed by atoms with E-state index in [2.05, 4.69) is 97.1 Å². The van der Waals surface area contributed by atoms with Gasteiger partial charge in [-0.25, -0.2) is 0 Å². The molecule has 0 spiro atoms. The number of fused-ring (bicyclic) bond motifs is 4. The second-order valence-electron chi connectivity index (χ2n) is 6.22. The molecule has 0 nitrogen and oxygen atoms in total. The van der Waals surface area contributed by atoms with Crippen LogP contribution in [0.2, 0.25) is 0 Å². The summed E-state index contributed by atoms with van der Waals surface area (Å²) in [6, 6.07) is 34.7. The van der Waals surface area contributed by atoms with Gasteiger partial charge in [-0.15, -0.1) is 0 Å². The van der Waals surface area contributed by atoms with Crippen molar-refractivity contribution in [2.24, 2.45) is 0 Å². The largest absolute Gasteiger partial charge is 0.0622 e. The topological polar surface area (TPSA) is 0 Å². The number of hydrogen-bond donors (Lipinski definition) is 0. The van der Waals surface area contributed by atoms with Crippen LogP contribution in [0, 0.1) is 0 Å². The summed E-state index contributed by atoms with van der Waals surface area (Å²) in [6.45, 7) is 0. The van der Waals surface area contributed by atoms with Crippen LogP contribution in [-0.4, -0.2) is 0 Å². The van der Waals surface area contributed by atoms with Crippen molar-refractivity contribution in [3.63, 3.8) is 0 Å². The van der Waals surface area contributed by atoms with Crippen LogP contribution in [-0.2, 0) is 0 Å². The Kier molecular flexibility index (Phi) is 2.89. The first-order chi connectivity index (χ1) is 11.9. The molecule has 0 aliphatic heterocycles. The third-order valence-corrected chi connectivity index (χ3v) is 4.82. The normalized spacial score (nSPS) is 11.3. The van der Waals surface area contributed by atoms with Crippen molar-refractivity contribution in [3.05, 3.63) is 97.1 Å². The molecule has 4 aromatic rings. The molecule has 112 valence electrons. The van der Waals surface area contributed by atoms with Crippen molar-refractivity contribution in [2.45, 2.75) is 0 Å². The smallest absolute Gasteiger partial charge is 0.00199 e. The zero-order chi connectivity index (χ0) is 15.9. The molecule has 0 saturated heterocycles. The van der Waals surface area contributed by atoms with Crippen molar-refractivity contribution in [1.82, 2.24) is 0 Å². The summed E-state index contributed by atoms with van der Waals surface area (Å²) in [5.74, 6) is 0. The average molecular weight is 304 g/mol. The molecule has 0 aromatic heterocycles. The fourth-order valence-electron chi connectivity index (χ4n) is 3.66. The fourth-order valence-corrected chi connectivity index (χ4v) is 3.66. The van der Waals surface area contributed by atoms with Gasteiger partial charge in [0.1, 0.15) is 0 Å². The lowest BCUT2D eigenvalue weighted by atomic mass is 9.75. The zero-order valence-corrected chi connectivity index (χ0v) is 13.2. The van der Waals surface area contributed by atoms with E-state index in [-0.39, 0.29) is 0 Å². The quantitative estimate of drug-likeness (QED) is 0.342. The Labute approximate surface area is 142 Å². The second-order valence-corrected chi connectivity index (χ2v) is 6.22. The number of benzene rings is 4. The number of rotatable bonds is 2. The van der Waals surface area contributed by atoms with Crippen LogP contribution in [0.1, 0.15) is 0 Å². The van der Waals surface area contributed by atoms with Crippen LogP contribution < -0.4 is 0 Å². The van der Waals surface area contributed by atoms with E-state index < -0.39 is 0 Å². The fraction of sp³-hybridized carbons (Fsp3) is 0. The highest BCUT2D eigenvalue weighted by molar-refractivity contribution is 6.10. The molecule has 0 saturated carbocycles. The molecular formula is C24H16. The summed E-state index contributed by atoms with van der Waals surface area (Å²) in [7, 11) is 0. The van der Waals surface area contributed by atoms with E-state index in [1.54, 1.807) is 0 Å². The zero-order valence-electron chi connectivity index (χ0n) is 13.2. The highest BCUT2D eigenvalue weighted by atomic mass is 14.3. The minimum absolute atomic E-state index is 1.27. The van der Waals surface area contributed by atoms with Crippen LogP contribution in [0.25, 0.3) is 44.5 Å². The summed E-state index contributed by atoms with van der Waals surface area (Å²) >= 11 is 0. The molecule has 0 atom stereocenters. The van der Waals surface area contributed by atoms with E-state index in [0.29, 0.717) is 0 Å². The van der Waals surface area contributed by atoms with Gasteiger partial charge in [0.2, 0.25) is 0 Å². The molecule has 0 amide bonds. The van der Waals surface area contributed by atoms with Gasteiger partial charge in [-0.05, 0) is 56.6 Å². The molecule has 1 aliphatic carbocycles. The van der Waals surface area contributed by atoms with Gasteiger partial charge in [-0.3, -0.25) is 0 Å². The summed E-state index contributed by atoms with van der Waals surface area (Å²) in [6.07, 6.45) is 0. The van der Waals surface area contributed by atoms with Gasteiger partial charge in [0, 0.05) is 0 Å². The highest BCUT2D eigenvalue weighted by Gasteiger charge is 2.26. The van der Waals surface area contributed by atoms with Gasteiger partial charge in [0.25, 0.3) is 0 Å². The van der Waals surface area contributed by atoms with Gasteiger partial charge < -0.3 is 0 Å². The second kappa shape index (κ2) is 5.21. The number of hydrogen-bond acceptors (Lipinski definition) is 0. The molecule has 0 radical (unpaired) electrons. The van der Waals surface area contributed by atoms with Crippen LogP contribution in [0.3, 0.4) is 0 Å². The minimum Gasteiger partial charge on any atom is -0.0622 e. The van der Waals surface area contributed by atoms with E-state index in [1.807, 2.05) is 0 Å². The maximum atomic E-state index is 2.33. The first-order valence-electron chi connectivity index (χ1n) is 8.30. The predicted octanol–water partition coefficient (Wildman–Crippen LogP) is 6.67. The molecule has 0 unspecified atom stereocenters. The van der Waals surface area contributed by atoms with Crippen LogP contribution >= 0.6 is 0 Å². The predicted molar refractivity (Wildman–Crippen MR) is 102 cm³/mol. The van der Waals surface area contributed by atoms with E-state index in [4.69, 9.17) is 0 Å². The van der Waals surface area contributed by atoms with E-state index in [0.717, 1.165) is 0 Å². The van der Waals surface area contributed by atoms with Crippen molar-refractivity contribution < 1.29 is 0 Å². The van der Waals surface area contributed by atoms with Gasteiger partial charge in [-0.2, -0.15) is 0 Å². The Morgan fingerprint density at radius 3 is 1.58 bits per heavy atom. The van der Waals surface area contributed by atoms with Gasteiger partial charge in [0.05, 0.1) is 0 Å². The Balaban J connectivity index is 1.79. The van der Waals surface area contributed by atoms with E-state index >= 15 is 0 Å². The van der Waals surface area contributed by atoms with E-state index in [1.165, 1.54) is 44.5 Å². The van der Waals surface area contributed by atoms with Gasteiger partial charge in [0.15, 0.2) is 0 Å². The summed E-state index contributed by atoms with van der Waals surface area (Å²) in [4.78, 5) is 0. The lowest BCUT2D eigenvalue weighted by molar-refractivity contribution is 1.50. The lowest BCUT2D eigenvalue weighted by Crippen LogP contribution is -2.01. The maximum Gasteiger partial charge on any atom is -0.00199 e. The summed E-state index contributed by atoms with van der Waals surface area (Å²) < 4.78 is 0. The Hall–Kier alpha value is -3.12. The third-order valence-electron chi connectivity index (χ3n) is 4.82. The Morgan fingerprint density at radius 2 is 0.875 bits per heavy atom. The molecule has 0 N–H and O–H groups in total. The molecule has 4 aromatic carbocycles. The molecule has 5 rings (SSSR count). The average Bonchev–Trinajstić information content (AvgIpc) is 2.66. The third kappa shape index (κ3) is 1.93. The van der Waals surface area contributed by atoms with Crippen molar-refractivity contribution in [3.8, 4) is 44.5 Å². The summed E-state index contributed by atoms with van der Waals surface area (Å²) in [5.41, 5.74) is 10.6. The molecular weight excluding hydrogens is 288 g/mol. The van der Waals surface area contributed by atoms with Crippen LogP contribution in [0.4, 0.5) is 0 Å².